The second-order valence-electron chi connectivity index (χ2n) is 6.50. The third kappa shape index (κ3) is 3.96. The third-order valence-corrected chi connectivity index (χ3v) is 5.19. The van der Waals surface area contributed by atoms with Gasteiger partial charge in [0.25, 0.3) is 17.5 Å². The highest BCUT2D eigenvalue weighted by Gasteiger charge is 2.39. The first-order chi connectivity index (χ1) is 13.3. The standard InChI is InChI=1S/C20H17FN2O4S/c1-12(2)28-18-17(14-5-9-16(10-6-14)23(26)27)19(24)22(20(18)25)11-13-3-7-15(21)8-4-13/h3-10,12H,11H2,1-2H3. The molecule has 0 saturated carbocycles. The topological polar surface area (TPSA) is 80.5 Å². The number of hydrogen-bond acceptors (Lipinski definition) is 5. The normalized spacial score (nSPS) is 14.4. The molecule has 0 bridgehead atoms. The Kier molecular flexibility index (Phi) is 5.60. The maximum Gasteiger partial charge on any atom is 0.269 e. The molecular formula is C20H17FN2O4S. The van der Waals surface area contributed by atoms with Gasteiger partial charge in [0.1, 0.15) is 5.82 Å². The van der Waals surface area contributed by atoms with Crippen LogP contribution in [0.4, 0.5) is 10.1 Å². The molecule has 6 nitrogen and oxygen atoms in total. The van der Waals surface area contributed by atoms with E-state index in [2.05, 4.69) is 0 Å². The number of carbonyl (C=O) groups excluding carboxylic acids is 2. The number of thioether (sulfide) groups is 1. The van der Waals surface area contributed by atoms with Gasteiger partial charge in [0.2, 0.25) is 0 Å². The Morgan fingerprint density at radius 3 is 2.18 bits per heavy atom. The van der Waals surface area contributed by atoms with Gasteiger partial charge in [-0.1, -0.05) is 26.0 Å². The molecule has 0 aromatic heterocycles. The van der Waals surface area contributed by atoms with Crippen LogP contribution in [0.25, 0.3) is 5.57 Å². The lowest BCUT2D eigenvalue weighted by atomic mass is 10.1. The van der Waals surface area contributed by atoms with Crippen molar-refractivity contribution >= 4 is 34.8 Å². The van der Waals surface area contributed by atoms with Crippen LogP contribution in [0.1, 0.15) is 25.0 Å². The highest BCUT2D eigenvalue weighted by molar-refractivity contribution is 8.04. The first kappa shape index (κ1) is 19.8. The lowest BCUT2D eigenvalue weighted by Crippen LogP contribution is -2.31. The van der Waals surface area contributed by atoms with E-state index in [0.29, 0.717) is 16.0 Å². The minimum atomic E-state index is -0.523. The number of nitrogens with zero attached hydrogens (tertiary/aromatic N) is 2. The summed E-state index contributed by atoms with van der Waals surface area (Å²) in [6.07, 6.45) is 0. The molecule has 1 aliphatic heterocycles. The fourth-order valence-electron chi connectivity index (χ4n) is 2.82. The zero-order valence-corrected chi connectivity index (χ0v) is 16.0. The van der Waals surface area contributed by atoms with Crippen LogP contribution in [0.3, 0.4) is 0 Å². The van der Waals surface area contributed by atoms with Crippen molar-refractivity contribution in [3.05, 3.63) is 80.5 Å². The Morgan fingerprint density at radius 2 is 1.64 bits per heavy atom. The molecule has 3 rings (SSSR count). The van der Waals surface area contributed by atoms with Crippen molar-refractivity contribution in [3.63, 3.8) is 0 Å². The Labute approximate surface area is 165 Å². The minimum Gasteiger partial charge on any atom is -0.269 e. The molecule has 2 amide bonds. The van der Waals surface area contributed by atoms with E-state index in [9.17, 15) is 24.1 Å². The van der Waals surface area contributed by atoms with Gasteiger partial charge < -0.3 is 0 Å². The summed E-state index contributed by atoms with van der Waals surface area (Å²) >= 11 is 1.28. The molecule has 0 radical (unpaired) electrons. The van der Waals surface area contributed by atoms with Crippen LogP contribution < -0.4 is 0 Å². The second kappa shape index (κ2) is 7.93. The Morgan fingerprint density at radius 1 is 1.04 bits per heavy atom. The van der Waals surface area contributed by atoms with E-state index in [1.807, 2.05) is 13.8 Å². The van der Waals surface area contributed by atoms with Crippen molar-refractivity contribution in [2.45, 2.75) is 25.6 Å². The number of nitro benzene ring substituents is 1. The zero-order valence-electron chi connectivity index (χ0n) is 15.2. The summed E-state index contributed by atoms with van der Waals surface area (Å²) in [5, 5.41) is 10.9. The summed E-state index contributed by atoms with van der Waals surface area (Å²) in [4.78, 5) is 37.7. The lowest BCUT2D eigenvalue weighted by molar-refractivity contribution is -0.384. The summed E-state index contributed by atoms with van der Waals surface area (Å²) in [6, 6.07) is 11.1. The number of amides is 2. The van der Waals surface area contributed by atoms with Gasteiger partial charge in [-0.15, -0.1) is 11.8 Å². The molecule has 1 heterocycles. The van der Waals surface area contributed by atoms with Crippen LogP contribution in [-0.2, 0) is 16.1 Å². The third-order valence-electron chi connectivity index (χ3n) is 4.10. The maximum atomic E-state index is 13.1. The van der Waals surface area contributed by atoms with E-state index in [4.69, 9.17) is 0 Å². The summed E-state index contributed by atoms with van der Waals surface area (Å²) in [5.74, 6) is -1.28. The highest BCUT2D eigenvalue weighted by Crippen LogP contribution is 2.38. The predicted octanol–water partition coefficient (Wildman–Crippen LogP) is 4.16. The van der Waals surface area contributed by atoms with E-state index in [1.165, 1.54) is 60.3 Å². The van der Waals surface area contributed by atoms with Crippen LogP contribution in [0.15, 0.2) is 53.4 Å². The Hall–Kier alpha value is -3.00. The fourth-order valence-corrected chi connectivity index (χ4v) is 3.82. The molecule has 2 aromatic rings. The minimum absolute atomic E-state index is 0.0244. The van der Waals surface area contributed by atoms with Crippen LogP contribution in [-0.4, -0.2) is 26.9 Å². The quantitative estimate of drug-likeness (QED) is 0.413. The molecule has 0 atom stereocenters. The lowest BCUT2D eigenvalue weighted by Gasteiger charge is -2.15. The van der Waals surface area contributed by atoms with Crippen LogP contribution in [0.2, 0.25) is 0 Å². The van der Waals surface area contributed by atoms with Crippen LogP contribution in [0, 0.1) is 15.9 Å². The largest absolute Gasteiger partial charge is 0.269 e. The van der Waals surface area contributed by atoms with Crippen molar-refractivity contribution in [1.82, 2.24) is 4.90 Å². The average Bonchev–Trinajstić information content (AvgIpc) is 2.87. The second-order valence-corrected chi connectivity index (χ2v) is 8.08. The molecule has 0 aliphatic carbocycles. The number of imide groups is 1. The molecule has 144 valence electrons. The maximum absolute atomic E-state index is 13.1. The van der Waals surface area contributed by atoms with Crippen molar-refractivity contribution in [1.29, 1.82) is 0 Å². The first-order valence-electron chi connectivity index (χ1n) is 8.54. The van der Waals surface area contributed by atoms with E-state index in [1.54, 1.807) is 0 Å². The van der Waals surface area contributed by atoms with Crippen molar-refractivity contribution < 1.29 is 18.9 Å². The van der Waals surface area contributed by atoms with E-state index in [0.717, 1.165) is 4.90 Å². The van der Waals surface area contributed by atoms with Gasteiger partial charge in [0.15, 0.2) is 0 Å². The van der Waals surface area contributed by atoms with Gasteiger partial charge in [0.05, 0.1) is 21.9 Å². The molecule has 1 aliphatic rings. The van der Waals surface area contributed by atoms with Gasteiger partial charge in [-0.25, -0.2) is 4.39 Å². The van der Waals surface area contributed by atoms with E-state index < -0.39 is 22.6 Å². The number of nitro groups is 1. The molecule has 0 N–H and O–H groups in total. The summed E-state index contributed by atoms with van der Waals surface area (Å²) in [7, 11) is 0. The van der Waals surface area contributed by atoms with Crippen molar-refractivity contribution in [2.75, 3.05) is 0 Å². The molecule has 0 saturated heterocycles. The molecule has 0 spiro atoms. The van der Waals surface area contributed by atoms with Crippen molar-refractivity contribution in [3.8, 4) is 0 Å². The summed E-state index contributed by atoms with van der Waals surface area (Å²) in [6.45, 7) is 3.84. The molecule has 2 aromatic carbocycles. The molecule has 8 heteroatoms. The first-order valence-corrected chi connectivity index (χ1v) is 9.42. The number of benzene rings is 2. The number of rotatable bonds is 6. The summed E-state index contributed by atoms with van der Waals surface area (Å²) in [5.41, 5.74) is 1.22. The van der Waals surface area contributed by atoms with Gasteiger partial charge >= 0.3 is 0 Å². The van der Waals surface area contributed by atoms with E-state index in [-0.39, 0.29) is 23.1 Å². The van der Waals surface area contributed by atoms with E-state index >= 15 is 0 Å². The summed E-state index contributed by atoms with van der Waals surface area (Å²) < 4.78 is 13.1. The molecule has 0 unspecified atom stereocenters. The monoisotopic (exact) mass is 400 g/mol. The predicted molar refractivity (Wildman–Crippen MR) is 105 cm³/mol. The molecule has 28 heavy (non-hydrogen) atoms. The number of carbonyl (C=O) groups is 2. The number of non-ortho nitro benzene ring substituents is 1. The van der Waals surface area contributed by atoms with Gasteiger partial charge in [0, 0.05) is 17.4 Å². The highest BCUT2D eigenvalue weighted by atomic mass is 32.2. The number of halogens is 1. The van der Waals surface area contributed by atoms with Gasteiger partial charge in [-0.2, -0.15) is 0 Å². The van der Waals surface area contributed by atoms with Gasteiger partial charge in [-0.05, 0) is 35.4 Å². The smallest absolute Gasteiger partial charge is 0.269 e. The zero-order chi connectivity index (χ0) is 20.4. The van der Waals surface area contributed by atoms with Crippen LogP contribution >= 0.6 is 11.8 Å². The Bertz CT molecular complexity index is 969. The SMILES string of the molecule is CC(C)SC1=C(c2ccc([N+](=O)[O-])cc2)C(=O)N(Cc2ccc(F)cc2)C1=O. The fraction of sp³-hybridized carbons (Fsp3) is 0.200. The van der Waals surface area contributed by atoms with Gasteiger partial charge in [-0.3, -0.25) is 24.6 Å². The van der Waals surface area contributed by atoms with Crippen LogP contribution in [0.5, 0.6) is 0 Å². The average molecular weight is 400 g/mol. The molecular weight excluding hydrogens is 383 g/mol. The number of hydrogen-bond donors (Lipinski definition) is 0. The van der Waals surface area contributed by atoms with Crippen molar-refractivity contribution in [2.24, 2.45) is 0 Å². The Balaban J connectivity index is 1.97. The molecule has 0 fully saturated rings.